The van der Waals surface area contributed by atoms with E-state index in [0.29, 0.717) is 18.7 Å². The van der Waals surface area contributed by atoms with Crippen LogP contribution in [0.3, 0.4) is 0 Å². The summed E-state index contributed by atoms with van der Waals surface area (Å²) in [5.41, 5.74) is 0.466. The fourth-order valence-electron chi connectivity index (χ4n) is 2.27. The summed E-state index contributed by atoms with van der Waals surface area (Å²) in [4.78, 5) is 29.3. The van der Waals surface area contributed by atoms with Crippen LogP contribution in [0.25, 0.3) is 0 Å². The maximum absolute atomic E-state index is 12.0. The molecule has 0 radical (unpaired) electrons. The van der Waals surface area contributed by atoms with Crippen LogP contribution >= 0.6 is 11.6 Å². The Labute approximate surface area is 122 Å². The maximum atomic E-state index is 12.0. The molecule has 6 nitrogen and oxygen atoms in total. The average molecular weight is 298 g/mol. The van der Waals surface area contributed by atoms with Gasteiger partial charge in [0.2, 0.25) is 5.91 Å². The minimum absolute atomic E-state index is 0.130. The van der Waals surface area contributed by atoms with Gasteiger partial charge in [0.05, 0.1) is 19.3 Å². The Morgan fingerprint density at radius 1 is 1.60 bits per heavy atom. The number of esters is 1. The first-order valence-corrected chi connectivity index (χ1v) is 6.72. The second-order valence-corrected chi connectivity index (χ2v) is 4.90. The lowest BCUT2D eigenvalue weighted by molar-refractivity contribution is -0.146. The van der Waals surface area contributed by atoms with Crippen molar-refractivity contribution in [2.24, 2.45) is 0 Å². The van der Waals surface area contributed by atoms with Gasteiger partial charge in [0.15, 0.2) is 5.15 Å². The van der Waals surface area contributed by atoms with Crippen LogP contribution in [0.5, 0.6) is 0 Å². The van der Waals surface area contributed by atoms with E-state index in [1.807, 2.05) is 4.90 Å². The molecule has 2 rings (SSSR count). The summed E-state index contributed by atoms with van der Waals surface area (Å²) in [5, 5.41) is 2.93. The number of carbonyl (C=O) groups excluding carboxylic acids is 2. The van der Waals surface area contributed by atoms with E-state index in [4.69, 9.17) is 16.3 Å². The van der Waals surface area contributed by atoms with Crippen molar-refractivity contribution >= 4 is 29.2 Å². The first-order valence-electron chi connectivity index (χ1n) is 6.34. The summed E-state index contributed by atoms with van der Waals surface area (Å²) in [7, 11) is 1.36. The number of amides is 1. The molecule has 1 aromatic rings. The number of pyridine rings is 1. The number of hydrogen-bond acceptors (Lipinski definition) is 5. The SMILES string of the molecule is COC(=O)C1CCCN1CC(=O)Nc1cccnc1Cl. The topological polar surface area (TPSA) is 71.5 Å². The van der Waals surface area contributed by atoms with Crippen LogP contribution in [0.1, 0.15) is 12.8 Å². The number of nitrogens with one attached hydrogen (secondary N) is 1. The molecule has 1 aliphatic rings. The molecule has 1 fully saturated rings. The lowest BCUT2D eigenvalue weighted by atomic mass is 10.2. The molecule has 1 atom stereocenters. The zero-order valence-electron chi connectivity index (χ0n) is 11.1. The predicted molar refractivity (Wildman–Crippen MR) is 74.5 cm³/mol. The van der Waals surface area contributed by atoms with E-state index in [0.717, 1.165) is 6.42 Å². The number of ether oxygens (including phenoxy) is 1. The van der Waals surface area contributed by atoms with Crippen LogP contribution < -0.4 is 5.32 Å². The standard InChI is InChI=1S/C13H16ClN3O3/c1-20-13(19)10-5-3-7-17(10)8-11(18)16-9-4-2-6-15-12(9)14/h2,4,6,10H,3,5,7-8H2,1H3,(H,16,18). The van der Waals surface area contributed by atoms with Crippen molar-refractivity contribution in [3.63, 3.8) is 0 Å². The highest BCUT2D eigenvalue weighted by atomic mass is 35.5. The molecular weight excluding hydrogens is 282 g/mol. The van der Waals surface area contributed by atoms with Gasteiger partial charge in [0.1, 0.15) is 6.04 Å². The van der Waals surface area contributed by atoms with Crippen LogP contribution in [0.4, 0.5) is 5.69 Å². The van der Waals surface area contributed by atoms with E-state index < -0.39 is 0 Å². The van der Waals surface area contributed by atoms with Crippen LogP contribution in [-0.2, 0) is 14.3 Å². The Kier molecular flexibility index (Phi) is 4.92. The van der Waals surface area contributed by atoms with Gasteiger partial charge in [-0.2, -0.15) is 0 Å². The van der Waals surface area contributed by atoms with Gasteiger partial charge in [-0.1, -0.05) is 11.6 Å². The third-order valence-corrected chi connectivity index (χ3v) is 3.52. The normalized spacial score (nSPS) is 18.8. The van der Waals surface area contributed by atoms with Crippen molar-refractivity contribution in [2.75, 3.05) is 25.5 Å². The van der Waals surface area contributed by atoms with Crippen LogP contribution in [0.15, 0.2) is 18.3 Å². The molecule has 0 saturated carbocycles. The molecule has 1 saturated heterocycles. The maximum Gasteiger partial charge on any atom is 0.323 e. The number of nitrogens with zero attached hydrogens (tertiary/aromatic N) is 2. The molecule has 1 amide bonds. The zero-order valence-corrected chi connectivity index (χ0v) is 11.9. The summed E-state index contributed by atoms with van der Waals surface area (Å²) < 4.78 is 4.74. The molecule has 20 heavy (non-hydrogen) atoms. The minimum Gasteiger partial charge on any atom is -0.468 e. The first kappa shape index (κ1) is 14.7. The summed E-state index contributed by atoms with van der Waals surface area (Å²) in [6.45, 7) is 0.832. The Balaban J connectivity index is 1.94. The highest BCUT2D eigenvalue weighted by molar-refractivity contribution is 6.32. The summed E-state index contributed by atoms with van der Waals surface area (Å²) in [6.07, 6.45) is 3.14. The molecule has 1 aromatic heterocycles. The van der Waals surface area contributed by atoms with Crippen molar-refractivity contribution in [3.05, 3.63) is 23.5 Å². The van der Waals surface area contributed by atoms with E-state index in [9.17, 15) is 9.59 Å². The smallest absolute Gasteiger partial charge is 0.323 e. The van der Waals surface area contributed by atoms with E-state index in [1.54, 1.807) is 18.3 Å². The lowest BCUT2D eigenvalue weighted by Crippen LogP contribution is -2.41. The van der Waals surface area contributed by atoms with Crippen LogP contribution in [0.2, 0.25) is 5.15 Å². The Morgan fingerprint density at radius 3 is 3.10 bits per heavy atom. The molecule has 1 aliphatic heterocycles. The van der Waals surface area contributed by atoms with E-state index in [2.05, 4.69) is 10.3 Å². The number of hydrogen-bond donors (Lipinski definition) is 1. The molecule has 0 spiro atoms. The fraction of sp³-hybridized carbons (Fsp3) is 0.462. The molecule has 2 heterocycles. The number of rotatable bonds is 4. The van der Waals surface area contributed by atoms with Crippen molar-refractivity contribution in [1.29, 1.82) is 0 Å². The van der Waals surface area contributed by atoms with E-state index >= 15 is 0 Å². The molecule has 7 heteroatoms. The first-order chi connectivity index (χ1) is 9.61. The van der Waals surface area contributed by atoms with Crippen LogP contribution in [0, 0.1) is 0 Å². The number of anilines is 1. The highest BCUT2D eigenvalue weighted by Gasteiger charge is 2.32. The van der Waals surface area contributed by atoms with Gasteiger partial charge in [-0.05, 0) is 31.5 Å². The third-order valence-electron chi connectivity index (χ3n) is 3.22. The fourth-order valence-corrected chi connectivity index (χ4v) is 2.44. The molecule has 108 valence electrons. The van der Waals surface area contributed by atoms with E-state index in [1.165, 1.54) is 7.11 Å². The quantitative estimate of drug-likeness (QED) is 0.670. The predicted octanol–water partition coefficient (Wildman–Crippen LogP) is 1.31. The molecule has 0 aromatic carbocycles. The van der Waals surface area contributed by atoms with Crippen molar-refractivity contribution in [2.45, 2.75) is 18.9 Å². The van der Waals surface area contributed by atoms with Gasteiger partial charge < -0.3 is 10.1 Å². The number of halogens is 1. The summed E-state index contributed by atoms with van der Waals surface area (Å²) in [6, 6.07) is 3.03. The molecule has 1 unspecified atom stereocenters. The van der Waals surface area contributed by atoms with E-state index in [-0.39, 0.29) is 29.6 Å². The van der Waals surface area contributed by atoms with Gasteiger partial charge in [-0.25, -0.2) is 4.98 Å². The average Bonchev–Trinajstić information content (AvgIpc) is 2.88. The number of aromatic nitrogens is 1. The minimum atomic E-state index is -0.338. The Bertz CT molecular complexity index is 509. The van der Waals surface area contributed by atoms with Crippen molar-refractivity contribution in [1.82, 2.24) is 9.88 Å². The second kappa shape index (κ2) is 6.67. The second-order valence-electron chi connectivity index (χ2n) is 4.54. The van der Waals surface area contributed by atoms with Gasteiger partial charge in [-0.15, -0.1) is 0 Å². The molecule has 1 N–H and O–H groups in total. The molecule has 0 aliphatic carbocycles. The van der Waals surface area contributed by atoms with Gasteiger partial charge in [-0.3, -0.25) is 14.5 Å². The van der Waals surface area contributed by atoms with Crippen molar-refractivity contribution in [3.8, 4) is 0 Å². The summed E-state index contributed by atoms with van der Waals surface area (Å²) in [5.74, 6) is -0.523. The number of methoxy groups -OCH3 is 1. The largest absolute Gasteiger partial charge is 0.468 e. The molecular formula is C13H16ClN3O3. The molecule has 0 bridgehead atoms. The highest BCUT2D eigenvalue weighted by Crippen LogP contribution is 2.20. The zero-order chi connectivity index (χ0) is 14.5. The number of likely N-dealkylation sites (tertiary alicyclic amines) is 1. The summed E-state index contributed by atoms with van der Waals surface area (Å²) >= 11 is 5.87. The lowest BCUT2D eigenvalue weighted by Gasteiger charge is -2.21. The Morgan fingerprint density at radius 2 is 2.40 bits per heavy atom. The Hall–Kier alpha value is -1.66. The van der Waals surface area contributed by atoms with Gasteiger partial charge >= 0.3 is 5.97 Å². The number of carbonyl (C=O) groups is 2. The van der Waals surface area contributed by atoms with Gasteiger partial charge in [0.25, 0.3) is 0 Å². The third kappa shape index (κ3) is 3.46. The van der Waals surface area contributed by atoms with Crippen LogP contribution in [-0.4, -0.2) is 48.0 Å². The van der Waals surface area contributed by atoms with Crippen molar-refractivity contribution < 1.29 is 14.3 Å². The van der Waals surface area contributed by atoms with Gasteiger partial charge in [0, 0.05) is 6.20 Å². The monoisotopic (exact) mass is 297 g/mol.